The van der Waals surface area contributed by atoms with E-state index in [1.54, 1.807) is 0 Å². The van der Waals surface area contributed by atoms with Gasteiger partial charge in [-0.05, 0) is 49.9 Å². The van der Waals surface area contributed by atoms with E-state index in [-0.39, 0.29) is 0 Å². The highest BCUT2D eigenvalue weighted by Crippen LogP contribution is 2.37. The lowest BCUT2D eigenvalue weighted by molar-refractivity contribution is 0.173. The molecular weight excluding hydrogens is 214 g/mol. The fraction of sp³-hybridized carbons (Fsp3) is 0.571. The van der Waals surface area contributed by atoms with Crippen LogP contribution >= 0.6 is 0 Å². The summed E-state index contributed by atoms with van der Waals surface area (Å²) in [6.45, 7) is 3.62. The van der Waals surface area contributed by atoms with Gasteiger partial charge in [-0.15, -0.1) is 0 Å². The van der Waals surface area contributed by atoms with Crippen LogP contribution in [0.15, 0.2) is 12.1 Å². The van der Waals surface area contributed by atoms with E-state index in [1.165, 1.54) is 30.4 Å². The van der Waals surface area contributed by atoms with Gasteiger partial charge < -0.3 is 14.8 Å². The number of piperidine rings is 1. The van der Waals surface area contributed by atoms with E-state index in [1.807, 2.05) is 0 Å². The molecule has 2 aliphatic rings. The number of ether oxygens (including phenoxy) is 2. The third kappa shape index (κ3) is 2.25. The molecule has 0 aliphatic carbocycles. The highest BCUT2D eigenvalue weighted by Gasteiger charge is 2.21. The quantitative estimate of drug-likeness (QED) is 0.851. The highest BCUT2D eigenvalue weighted by molar-refractivity contribution is 5.51. The standard InChI is InChI=1S/C14H19NO2/c1-10-6-11(8-12-4-2-3-5-15-12)14-13(7-10)16-9-17-14/h6-7,12,15H,2-5,8-9H2,1H3. The Labute approximate surface area is 102 Å². The van der Waals surface area contributed by atoms with Gasteiger partial charge in [0.1, 0.15) is 0 Å². The van der Waals surface area contributed by atoms with Crippen LogP contribution in [0.4, 0.5) is 0 Å². The molecule has 1 fully saturated rings. The van der Waals surface area contributed by atoms with Crippen molar-refractivity contribution in [3.63, 3.8) is 0 Å². The van der Waals surface area contributed by atoms with Crippen LogP contribution in [-0.4, -0.2) is 19.4 Å². The average molecular weight is 233 g/mol. The minimum atomic E-state index is 0.365. The summed E-state index contributed by atoms with van der Waals surface area (Å²) in [4.78, 5) is 0. The van der Waals surface area contributed by atoms with Gasteiger partial charge in [0.25, 0.3) is 0 Å². The van der Waals surface area contributed by atoms with Crippen molar-refractivity contribution < 1.29 is 9.47 Å². The lowest BCUT2D eigenvalue weighted by atomic mass is 9.96. The molecule has 1 saturated heterocycles. The van der Waals surface area contributed by atoms with Gasteiger partial charge in [0.05, 0.1) is 0 Å². The number of nitrogens with one attached hydrogen (secondary N) is 1. The van der Waals surface area contributed by atoms with Crippen molar-refractivity contribution in [1.29, 1.82) is 0 Å². The van der Waals surface area contributed by atoms with Gasteiger partial charge in [-0.3, -0.25) is 0 Å². The van der Waals surface area contributed by atoms with E-state index >= 15 is 0 Å². The Balaban J connectivity index is 1.82. The molecule has 0 aromatic heterocycles. The number of fused-ring (bicyclic) bond motifs is 1. The fourth-order valence-electron chi connectivity index (χ4n) is 2.75. The van der Waals surface area contributed by atoms with Crippen LogP contribution in [0.3, 0.4) is 0 Å². The van der Waals surface area contributed by atoms with E-state index in [2.05, 4.69) is 24.4 Å². The molecule has 2 aliphatic heterocycles. The Morgan fingerprint density at radius 2 is 2.24 bits per heavy atom. The van der Waals surface area contributed by atoms with Crippen LogP contribution in [0.2, 0.25) is 0 Å². The predicted molar refractivity (Wildman–Crippen MR) is 66.6 cm³/mol. The molecule has 3 rings (SSSR count). The zero-order valence-corrected chi connectivity index (χ0v) is 10.3. The second kappa shape index (κ2) is 4.57. The van der Waals surface area contributed by atoms with E-state index in [4.69, 9.17) is 9.47 Å². The summed E-state index contributed by atoms with van der Waals surface area (Å²) in [6, 6.07) is 4.88. The molecular formula is C14H19NO2. The molecule has 1 atom stereocenters. The lowest BCUT2D eigenvalue weighted by Crippen LogP contribution is -2.35. The van der Waals surface area contributed by atoms with Crippen molar-refractivity contribution in [2.75, 3.05) is 13.3 Å². The van der Waals surface area contributed by atoms with Crippen molar-refractivity contribution in [2.24, 2.45) is 0 Å². The molecule has 3 nitrogen and oxygen atoms in total. The molecule has 92 valence electrons. The number of benzene rings is 1. The van der Waals surface area contributed by atoms with Crippen LogP contribution in [-0.2, 0) is 6.42 Å². The minimum Gasteiger partial charge on any atom is -0.454 e. The normalized spacial score (nSPS) is 22.8. The van der Waals surface area contributed by atoms with Gasteiger partial charge in [0.2, 0.25) is 6.79 Å². The Kier molecular flexibility index (Phi) is 2.93. The van der Waals surface area contributed by atoms with E-state index < -0.39 is 0 Å². The van der Waals surface area contributed by atoms with Crippen molar-refractivity contribution >= 4 is 0 Å². The summed E-state index contributed by atoms with van der Waals surface area (Å²) >= 11 is 0. The smallest absolute Gasteiger partial charge is 0.231 e. The van der Waals surface area contributed by atoms with E-state index in [0.717, 1.165) is 24.5 Å². The second-order valence-corrected chi connectivity index (χ2v) is 5.01. The van der Waals surface area contributed by atoms with Crippen molar-refractivity contribution in [1.82, 2.24) is 5.32 Å². The number of hydrogen-bond donors (Lipinski definition) is 1. The van der Waals surface area contributed by atoms with Crippen LogP contribution in [0, 0.1) is 6.92 Å². The summed E-state index contributed by atoms with van der Waals surface area (Å²) in [7, 11) is 0. The Morgan fingerprint density at radius 3 is 3.06 bits per heavy atom. The molecule has 1 N–H and O–H groups in total. The Hall–Kier alpha value is -1.22. The molecule has 0 radical (unpaired) electrons. The first-order valence-corrected chi connectivity index (χ1v) is 6.45. The minimum absolute atomic E-state index is 0.365. The zero-order chi connectivity index (χ0) is 11.7. The molecule has 1 unspecified atom stereocenters. The summed E-state index contributed by atoms with van der Waals surface area (Å²) < 4.78 is 11.0. The summed E-state index contributed by atoms with van der Waals surface area (Å²) in [6.07, 6.45) is 4.96. The van der Waals surface area contributed by atoms with Crippen LogP contribution in [0.25, 0.3) is 0 Å². The lowest BCUT2D eigenvalue weighted by Gasteiger charge is -2.24. The topological polar surface area (TPSA) is 30.5 Å². The van der Waals surface area contributed by atoms with Gasteiger partial charge in [-0.2, -0.15) is 0 Å². The maximum absolute atomic E-state index is 5.58. The first-order valence-electron chi connectivity index (χ1n) is 6.45. The molecule has 2 heterocycles. The van der Waals surface area contributed by atoms with Gasteiger partial charge in [0.15, 0.2) is 11.5 Å². The van der Waals surface area contributed by atoms with Gasteiger partial charge in [-0.1, -0.05) is 12.5 Å². The summed E-state index contributed by atoms with van der Waals surface area (Å²) in [5.74, 6) is 1.87. The number of hydrogen-bond acceptors (Lipinski definition) is 3. The van der Waals surface area contributed by atoms with Gasteiger partial charge in [-0.25, -0.2) is 0 Å². The summed E-state index contributed by atoms with van der Waals surface area (Å²) in [5.41, 5.74) is 2.54. The predicted octanol–water partition coefficient (Wildman–Crippen LogP) is 2.41. The van der Waals surface area contributed by atoms with Crippen LogP contribution in [0.1, 0.15) is 30.4 Å². The molecule has 3 heteroatoms. The molecule has 0 bridgehead atoms. The second-order valence-electron chi connectivity index (χ2n) is 5.01. The maximum Gasteiger partial charge on any atom is 0.231 e. The van der Waals surface area contributed by atoms with Gasteiger partial charge >= 0.3 is 0 Å². The Bertz CT molecular complexity index is 411. The maximum atomic E-state index is 5.58. The van der Waals surface area contributed by atoms with Crippen LogP contribution < -0.4 is 14.8 Å². The third-order valence-electron chi connectivity index (χ3n) is 3.57. The Morgan fingerprint density at radius 1 is 1.29 bits per heavy atom. The summed E-state index contributed by atoms with van der Waals surface area (Å²) in [5, 5.41) is 3.58. The first-order chi connectivity index (χ1) is 8.33. The molecule has 0 saturated carbocycles. The van der Waals surface area contributed by atoms with Crippen molar-refractivity contribution in [3.8, 4) is 11.5 Å². The van der Waals surface area contributed by atoms with E-state index in [0.29, 0.717) is 12.8 Å². The van der Waals surface area contributed by atoms with Crippen LogP contribution in [0.5, 0.6) is 11.5 Å². The van der Waals surface area contributed by atoms with E-state index in [9.17, 15) is 0 Å². The molecule has 0 spiro atoms. The molecule has 17 heavy (non-hydrogen) atoms. The first kappa shape index (κ1) is 10.9. The average Bonchev–Trinajstić information content (AvgIpc) is 2.78. The molecule has 1 aromatic rings. The number of rotatable bonds is 2. The van der Waals surface area contributed by atoms with Crippen molar-refractivity contribution in [2.45, 2.75) is 38.6 Å². The third-order valence-corrected chi connectivity index (χ3v) is 3.57. The SMILES string of the molecule is Cc1cc(CC2CCCCN2)c2c(c1)OCO2. The zero-order valence-electron chi connectivity index (χ0n) is 10.3. The highest BCUT2D eigenvalue weighted by atomic mass is 16.7. The molecule has 0 amide bonds. The fourth-order valence-corrected chi connectivity index (χ4v) is 2.75. The van der Waals surface area contributed by atoms with Crippen molar-refractivity contribution in [3.05, 3.63) is 23.3 Å². The van der Waals surface area contributed by atoms with Gasteiger partial charge in [0, 0.05) is 6.04 Å². The largest absolute Gasteiger partial charge is 0.454 e. The number of aryl methyl sites for hydroxylation is 1. The monoisotopic (exact) mass is 233 g/mol. The molecule has 1 aromatic carbocycles.